The molecule has 24 heavy (non-hydrogen) atoms. The SMILES string of the molecule is COC(=O)c1ccccc1S(=O)(=O)N1CCC[C@@H](C(=O)N(C)C)C1. The topological polar surface area (TPSA) is 84.0 Å². The molecule has 1 aromatic carbocycles. The highest BCUT2D eigenvalue weighted by atomic mass is 32.2. The Balaban J connectivity index is 2.34. The number of sulfonamides is 1. The Kier molecular flexibility index (Phi) is 5.61. The molecule has 0 aliphatic carbocycles. The van der Waals surface area contributed by atoms with Crippen molar-refractivity contribution in [3.05, 3.63) is 29.8 Å². The van der Waals surface area contributed by atoms with Gasteiger partial charge in [-0.05, 0) is 25.0 Å². The van der Waals surface area contributed by atoms with Gasteiger partial charge in [-0.15, -0.1) is 0 Å². The largest absolute Gasteiger partial charge is 0.465 e. The molecule has 2 rings (SSSR count). The molecule has 1 atom stereocenters. The smallest absolute Gasteiger partial charge is 0.339 e. The zero-order valence-electron chi connectivity index (χ0n) is 14.1. The van der Waals surface area contributed by atoms with Crippen LogP contribution in [-0.2, 0) is 19.6 Å². The van der Waals surface area contributed by atoms with Crippen LogP contribution in [0.15, 0.2) is 29.2 Å². The summed E-state index contributed by atoms with van der Waals surface area (Å²) in [6.45, 7) is 0.448. The number of benzene rings is 1. The molecule has 0 radical (unpaired) electrons. The highest BCUT2D eigenvalue weighted by molar-refractivity contribution is 7.89. The summed E-state index contributed by atoms with van der Waals surface area (Å²) < 4.78 is 31.9. The summed E-state index contributed by atoms with van der Waals surface area (Å²) in [4.78, 5) is 25.4. The first-order valence-electron chi connectivity index (χ1n) is 7.67. The third-order valence-electron chi connectivity index (χ3n) is 4.08. The molecule has 0 spiro atoms. The molecule has 0 saturated carbocycles. The van der Waals surface area contributed by atoms with Gasteiger partial charge in [-0.3, -0.25) is 4.79 Å². The molecule has 1 saturated heterocycles. The Morgan fingerprint density at radius 2 is 1.92 bits per heavy atom. The third kappa shape index (κ3) is 3.59. The van der Waals surface area contributed by atoms with Crippen LogP contribution < -0.4 is 0 Å². The average molecular weight is 354 g/mol. The summed E-state index contributed by atoms with van der Waals surface area (Å²) in [6.07, 6.45) is 1.26. The van der Waals surface area contributed by atoms with Crippen molar-refractivity contribution in [2.24, 2.45) is 5.92 Å². The van der Waals surface area contributed by atoms with Gasteiger partial charge in [0.25, 0.3) is 0 Å². The molecule has 0 aromatic heterocycles. The Morgan fingerprint density at radius 1 is 1.25 bits per heavy atom. The first kappa shape index (κ1) is 18.4. The van der Waals surface area contributed by atoms with E-state index in [-0.39, 0.29) is 28.8 Å². The van der Waals surface area contributed by atoms with Gasteiger partial charge in [0.2, 0.25) is 15.9 Å². The van der Waals surface area contributed by atoms with Gasteiger partial charge in [-0.25, -0.2) is 13.2 Å². The quantitative estimate of drug-likeness (QED) is 0.752. The molecule has 1 fully saturated rings. The molecule has 8 heteroatoms. The van der Waals surface area contributed by atoms with E-state index in [4.69, 9.17) is 0 Å². The van der Waals surface area contributed by atoms with Crippen molar-refractivity contribution in [2.75, 3.05) is 34.3 Å². The van der Waals surface area contributed by atoms with Gasteiger partial charge in [0.1, 0.15) is 0 Å². The maximum absolute atomic E-state index is 13.0. The summed E-state index contributed by atoms with van der Waals surface area (Å²) in [6, 6.07) is 5.95. The fraction of sp³-hybridized carbons (Fsp3) is 0.500. The zero-order valence-corrected chi connectivity index (χ0v) is 14.9. The van der Waals surface area contributed by atoms with Crippen LogP contribution in [0.5, 0.6) is 0 Å². The molecule has 1 aromatic rings. The molecule has 7 nitrogen and oxygen atoms in total. The van der Waals surface area contributed by atoms with Crippen LogP contribution >= 0.6 is 0 Å². The van der Waals surface area contributed by atoms with Crippen molar-refractivity contribution in [3.63, 3.8) is 0 Å². The summed E-state index contributed by atoms with van der Waals surface area (Å²) in [5, 5.41) is 0. The molecular weight excluding hydrogens is 332 g/mol. The molecule has 132 valence electrons. The van der Waals surface area contributed by atoms with E-state index in [9.17, 15) is 18.0 Å². The monoisotopic (exact) mass is 354 g/mol. The second-order valence-electron chi connectivity index (χ2n) is 5.92. The number of carbonyl (C=O) groups is 2. The van der Waals surface area contributed by atoms with E-state index in [2.05, 4.69) is 4.74 Å². The van der Waals surface area contributed by atoms with Crippen LogP contribution in [0.3, 0.4) is 0 Å². The van der Waals surface area contributed by atoms with Crippen molar-refractivity contribution < 1.29 is 22.7 Å². The summed E-state index contributed by atoms with van der Waals surface area (Å²) >= 11 is 0. The highest BCUT2D eigenvalue weighted by Crippen LogP contribution is 2.26. The Morgan fingerprint density at radius 3 is 2.54 bits per heavy atom. The fourth-order valence-electron chi connectivity index (χ4n) is 2.84. The molecule has 1 aliphatic rings. The molecule has 0 bridgehead atoms. The normalized spacial score (nSPS) is 18.9. The van der Waals surface area contributed by atoms with E-state index in [1.54, 1.807) is 26.2 Å². The van der Waals surface area contributed by atoms with E-state index in [1.165, 1.54) is 28.4 Å². The maximum Gasteiger partial charge on any atom is 0.339 e. The lowest BCUT2D eigenvalue weighted by Crippen LogP contribution is -2.45. The minimum Gasteiger partial charge on any atom is -0.465 e. The van der Waals surface area contributed by atoms with Crippen LogP contribution in [0.2, 0.25) is 0 Å². The minimum atomic E-state index is -3.88. The van der Waals surface area contributed by atoms with Crippen molar-refractivity contribution in [1.29, 1.82) is 0 Å². The Labute approximate surface area is 142 Å². The van der Waals surface area contributed by atoms with Gasteiger partial charge in [-0.2, -0.15) is 4.31 Å². The van der Waals surface area contributed by atoms with Crippen LogP contribution in [0.25, 0.3) is 0 Å². The van der Waals surface area contributed by atoms with Crippen LogP contribution in [0.4, 0.5) is 0 Å². The Bertz CT molecular complexity index is 730. The van der Waals surface area contributed by atoms with Crippen LogP contribution in [0, 0.1) is 5.92 Å². The molecule has 0 N–H and O–H groups in total. The average Bonchev–Trinajstić information content (AvgIpc) is 2.60. The number of ether oxygens (including phenoxy) is 1. The molecule has 1 aliphatic heterocycles. The first-order valence-corrected chi connectivity index (χ1v) is 9.11. The predicted molar refractivity (Wildman–Crippen MR) is 88.0 cm³/mol. The molecule has 1 heterocycles. The van der Waals surface area contributed by atoms with Crippen LogP contribution in [-0.4, -0.2) is 63.8 Å². The van der Waals surface area contributed by atoms with E-state index >= 15 is 0 Å². The number of methoxy groups -OCH3 is 1. The lowest BCUT2D eigenvalue weighted by molar-refractivity contribution is -0.134. The number of nitrogens with zero attached hydrogens (tertiary/aromatic N) is 2. The molecule has 0 unspecified atom stereocenters. The number of rotatable bonds is 4. The van der Waals surface area contributed by atoms with Gasteiger partial charge in [-0.1, -0.05) is 12.1 Å². The number of amides is 1. The number of hydrogen-bond acceptors (Lipinski definition) is 5. The molecule has 1 amide bonds. The van der Waals surface area contributed by atoms with Gasteiger partial charge in [0.05, 0.1) is 23.5 Å². The second kappa shape index (κ2) is 7.31. The molecular formula is C16H22N2O5S. The van der Waals surface area contributed by atoms with E-state index in [1.807, 2.05) is 0 Å². The van der Waals surface area contributed by atoms with Gasteiger partial charge in [0, 0.05) is 27.2 Å². The Hall–Kier alpha value is -1.93. The predicted octanol–water partition coefficient (Wildman–Crippen LogP) is 0.962. The number of hydrogen-bond donors (Lipinski definition) is 0. The van der Waals surface area contributed by atoms with Gasteiger partial charge in [0.15, 0.2) is 0 Å². The fourth-order valence-corrected chi connectivity index (χ4v) is 4.54. The lowest BCUT2D eigenvalue weighted by atomic mass is 9.98. The maximum atomic E-state index is 13.0. The summed E-state index contributed by atoms with van der Waals surface area (Å²) in [5.41, 5.74) is 0.000981. The van der Waals surface area contributed by atoms with Crippen molar-refractivity contribution in [1.82, 2.24) is 9.21 Å². The van der Waals surface area contributed by atoms with Crippen molar-refractivity contribution in [3.8, 4) is 0 Å². The number of carbonyl (C=O) groups excluding carboxylic acids is 2. The second-order valence-corrected chi connectivity index (χ2v) is 7.83. The standard InChI is InChI=1S/C16H22N2O5S/c1-17(2)15(19)12-7-6-10-18(11-12)24(21,22)14-9-5-4-8-13(14)16(20)23-3/h4-5,8-9,12H,6-7,10-11H2,1-3H3/t12-/m1/s1. The highest BCUT2D eigenvalue weighted by Gasteiger charge is 2.35. The van der Waals surface area contributed by atoms with Gasteiger partial charge >= 0.3 is 5.97 Å². The summed E-state index contributed by atoms with van der Waals surface area (Å²) in [7, 11) is 0.639. The first-order chi connectivity index (χ1) is 11.3. The lowest BCUT2D eigenvalue weighted by Gasteiger charge is -2.32. The van der Waals surface area contributed by atoms with E-state index < -0.39 is 16.0 Å². The van der Waals surface area contributed by atoms with E-state index in [0.717, 1.165) is 0 Å². The van der Waals surface area contributed by atoms with Gasteiger partial charge < -0.3 is 9.64 Å². The number of piperidine rings is 1. The summed E-state index contributed by atoms with van der Waals surface area (Å²) in [5.74, 6) is -1.16. The minimum absolute atomic E-state index is 0.000981. The van der Waals surface area contributed by atoms with Crippen molar-refractivity contribution >= 4 is 21.9 Å². The third-order valence-corrected chi connectivity index (χ3v) is 6.01. The number of esters is 1. The zero-order chi connectivity index (χ0) is 17.9. The van der Waals surface area contributed by atoms with Crippen molar-refractivity contribution in [2.45, 2.75) is 17.7 Å². The van der Waals surface area contributed by atoms with Crippen LogP contribution in [0.1, 0.15) is 23.2 Å². The van der Waals surface area contributed by atoms with E-state index in [0.29, 0.717) is 19.4 Å².